The predicted octanol–water partition coefficient (Wildman–Crippen LogP) is 1.92. The number of hydrogen-bond acceptors (Lipinski definition) is 4. The van der Waals surface area contributed by atoms with Crippen LogP contribution in [0.4, 0.5) is 0 Å². The molecule has 0 aromatic carbocycles. The van der Waals surface area contributed by atoms with Crippen LogP contribution >= 0.6 is 11.3 Å². The zero-order valence-corrected chi connectivity index (χ0v) is 11.5. The molecule has 2 heterocycles. The minimum atomic E-state index is 0.0489. The predicted molar refractivity (Wildman–Crippen MR) is 69.9 cm³/mol. The maximum absolute atomic E-state index is 12.2. The summed E-state index contributed by atoms with van der Waals surface area (Å²) in [5.41, 5.74) is 0.925. The molecule has 1 aliphatic carbocycles. The molecule has 1 saturated heterocycles. The van der Waals surface area contributed by atoms with E-state index in [1.807, 2.05) is 13.8 Å². The van der Waals surface area contributed by atoms with Crippen molar-refractivity contribution >= 4 is 17.2 Å². The second-order valence-corrected chi connectivity index (χ2v) is 6.24. The Morgan fingerprint density at radius 2 is 2.44 bits per heavy atom. The van der Waals surface area contributed by atoms with Crippen molar-refractivity contribution in [2.45, 2.75) is 45.3 Å². The Morgan fingerprint density at radius 1 is 1.61 bits per heavy atom. The third kappa shape index (κ3) is 1.95. The molecule has 0 radical (unpaired) electrons. The standard InChI is InChI=1S/C13H18N2O2S/c1-3-9-12(18-7(2)14-9)13(16)15-10-6-11-8(10)4-5-17-11/h8,10-11H,3-6H2,1-2H3,(H,15,16)/t8-,10+,11+/m1/s1. The van der Waals surface area contributed by atoms with E-state index in [0.717, 1.165) is 41.4 Å². The van der Waals surface area contributed by atoms with Crippen LogP contribution in [0.15, 0.2) is 0 Å². The van der Waals surface area contributed by atoms with E-state index < -0.39 is 0 Å². The third-order valence-electron chi connectivity index (χ3n) is 3.93. The SMILES string of the molecule is CCc1nc(C)sc1C(=O)N[C@H]1C[C@@H]2OCC[C@H]12. The van der Waals surface area contributed by atoms with Crippen molar-refractivity contribution < 1.29 is 9.53 Å². The molecule has 1 aromatic rings. The molecule has 1 saturated carbocycles. The van der Waals surface area contributed by atoms with E-state index in [1.54, 1.807) is 0 Å². The molecule has 1 aromatic heterocycles. The Kier molecular flexibility index (Phi) is 3.11. The van der Waals surface area contributed by atoms with E-state index in [-0.39, 0.29) is 5.91 Å². The van der Waals surface area contributed by atoms with Crippen LogP contribution < -0.4 is 5.32 Å². The molecule has 0 unspecified atom stereocenters. The van der Waals surface area contributed by atoms with Crippen LogP contribution in [0.5, 0.6) is 0 Å². The van der Waals surface area contributed by atoms with Gasteiger partial charge in [-0.05, 0) is 26.2 Å². The number of rotatable bonds is 3. The van der Waals surface area contributed by atoms with Gasteiger partial charge in [-0.15, -0.1) is 11.3 Å². The lowest BCUT2D eigenvalue weighted by molar-refractivity contribution is 0.00814. The first-order chi connectivity index (χ1) is 8.69. The second kappa shape index (κ2) is 4.63. The molecule has 1 amide bonds. The van der Waals surface area contributed by atoms with Gasteiger partial charge in [0.2, 0.25) is 0 Å². The minimum absolute atomic E-state index is 0.0489. The minimum Gasteiger partial charge on any atom is -0.378 e. The average molecular weight is 266 g/mol. The summed E-state index contributed by atoms with van der Waals surface area (Å²) in [4.78, 5) is 17.4. The van der Waals surface area contributed by atoms with E-state index in [1.165, 1.54) is 11.3 Å². The van der Waals surface area contributed by atoms with Crippen LogP contribution in [0.3, 0.4) is 0 Å². The van der Waals surface area contributed by atoms with Gasteiger partial charge in [0, 0.05) is 18.6 Å². The highest BCUT2D eigenvalue weighted by Crippen LogP contribution is 2.38. The Balaban J connectivity index is 1.67. The molecule has 4 nitrogen and oxygen atoms in total. The smallest absolute Gasteiger partial charge is 0.263 e. The quantitative estimate of drug-likeness (QED) is 0.909. The van der Waals surface area contributed by atoms with Crippen LogP contribution in [0.2, 0.25) is 0 Å². The van der Waals surface area contributed by atoms with Gasteiger partial charge in [0.25, 0.3) is 5.91 Å². The Bertz CT molecular complexity index is 472. The van der Waals surface area contributed by atoms with Gasteiger partial charge >= 0.3 is 0 Å². The van der Waals surface area contributed by atoms with Gasteiger partial charge < -0.3 is 10.1 Å². The number of nitrogens with one attached hydrogen (secondary N) is 1. The van der Waals surface area contributed by atoms with Gasteiger partial charge in [0.1, 0.15) is 4.88 Å². The summed E-state index contributed by atoms with van der Waals surface area (Å²) in [6.45, 7) is 4.84. The van der Waals surface area contributed by atoms with Crippen molar-refractivity contribution in [3.05, 3.63) is 15.6 Å². The number of ether oxygens (including phenoxy) is 1. The van der Waals surface area contributed by atoms with Crippen molar-refractivity contribution in [3.8, 4) is 0 Å². The summed E-state index contributed by atoms with van der Waals surface area (Å²) in [5, 5.41) is 4.11. The fourth-order valence-corrected chi connectivity index (χ4v) is 3.80. The lowest BCUT2D eigenvalue weighted by atomic mass is 9.76. The summed E-state index contributed by atoms with van der Waals surface area (Å²) in [6, 6.07) is 0.303. The number of carbonyl (C=O) groups excluding carboxylic acids is 1. The van der Waals surface area contributed by atoms with Gasteiger partial charge in [0.15, 0.2) is 0 Å². The van der Waals surface area contributed by atoms with E-state index in [9.17, 15) is 4.79 Å². The van der Waals surface area contributed by atoms with Gasteiger partial charge in [-0.3, -0.25) is 4.79 Å². The molecule has 18 heavy (non-hydrogen) atoms. The normalized spacial score (nSPS) is 29.8. The first-order valence-electron chi connectivity index (χ1n) is 6.57. The van der Waals surface area contributed by atoms with Crippen molar-refractivity contribution in [2.24, 2.45) is 5.92 Å². The number of nitrogens with zero attached hydrogens (tertiary/aromatic N) is 1. The number of thiazole rings is 1. The maximum Gasteiger partial charge on any atom is 0.263 e. The highest BCUT2D eigenvalue weighted by molar-refractivity contribution is 7.13. The van der Waals surface area contributed by atoms with Gasteiger partial charge in [-0.2, -0.15) is 0 Å². The molecular weight excluding hydrogens is 248 g/mol. The van der Waals surface area contributed by atoms with Crippen molar-refractivity contribution in [2.75, 3.05) is 6.61 Å². The molecule has 0 bridgehead atoms. The monoisotopic (exact) mass is 266 g/mol. The summed E-state index contributed by atoms with van der Waals surface area (Å²) in [6.07, 6.45) is 3.25. The van der Waals surface area contributed by atoms with E-state index in [4.69, 9.17) is 4.74 Å². The Morgan fingerprint density at radius 3 is 3.17 bits per heavy atom. The number of hydrogen-bond donors (Lipinski definition) is 1. The maximum atomic E-state index is 12.2. The molecule has 3 rings (SSSR count). The molecule has 2 aliphatic rings. The molecule has 1 aliphatic heterocycles. The largest absolute Gasteiger partial charge is 0.378 e. The van der Waals surface area contributed by atoms with E-state index >= 15 is 0 Å². The highest BCUT2D eigenvalue weighted by Gasteiger charge is 2.45. The zero-order valence-electron chi connectivity index (χ0n) is 10.7. The summed E-state index contributed by atoms with van der Waals surface area (Å²) < 4.78 is 5.56. The summed E-state index contributed by atoms with van der Waals surface area (Å²) >= 11 is 1.49. The third-order valence-corrected chi connectivity index (χ3v) is 4.94. The first-order valence-corrected chi connectivity index (χ1v) is 7.39. The molecular formula is C13H18N2O2S. The number of carbonyl (C=O) groups is 1. The van der Waals surface area contributed by atoms with Crippen LogP contribution in [-0.4, -0.2) is 29.6 Å². The average Bonchev–Trinajstić information content (AvgIpc) is 2.89. The van der Waals surface area contributed by atoms with Crippen LogP contribution in [0.1, 0.15) is 40.1 Å². The van der Waals surface area contributed by atoms with Crippen molar-refractivity contribution in [3.63, 3.8) is 0 Å². The van der Waals surface area contributed by atoms with Crippen molar-refractivity contribution in [1.29, 1.82) is 0 Å². The van der Waals surface area contributed by atoms with Crippen LogP contribution in [-0.2, 0) is 11.2 Å². The second-order valence-electron chi connectivity index (χ2n) is 5.04. The fourth-order valence-electron chi connectivity index (χ4n) is 2.88. The van der Waals surface area contributed by atoms with Gasteiger partial charge in [0.05, 0.1) is 16.8 Å². The van der Waals surface area contributed by atoms with E-state index in [2.05, 4.69) is 10.3 Å². The van der Waals surface area contributed by atoms with Crippen molar-refractivity contribution in [1.82, 2.24) is 10.3 Å². The van der Waals surface area contributed by atoms with Crippen LogP contribution in [0, 0.1) is 12.8 Å². The molecule has 1 N–H and O–H groups in total. The molecule has 3 atom stereocenters. The summed E-state index contributed by atoms with van der Waals surface area (Å²) in [7, 11) is 0. The molecule has 5 heteroatoms. The lowest BCUT2D eigenvalue weighted by Gasteiger charge is -2.39. The molecule has 0 spiro atoms. The fraction of sp³-hybridized carbons (Fsp3) is 0.692. The van der Waals surface area contributed by atoms with Gasteiger partial charge in [-0.1, -0.05) is 6.92 Å². The number of fused-ring (bicyclic) bond motifs is 1. The number of aryl methyl sites for hydroxylation is 2. The highest BCUT2D eigenvalue weighted by atomic mass is 32.1. The zero-order chi connectivity index (χ0) is 12.7. The van der Waals surface area contributed by atoms with E-state index in [0.29, 0.717) is 18.1 Å². The number of amides is 1. The topological polar surface area (TPSA) is 51.2 Å². The molecule has 98 valence electrons. The molecule has 2 fully saturated rings. The van der Waals surface area contributed by atoms with Crippen LogP contribution in [0.25, 0.3) is 0 Å². The lowest BCUT2D eigenvalue weighted by Crippen LogP contribution is -2.53. The Hall–Kier alpha value is -0.940. The van der Waals surface area contributed by atoms with Gasteiger partial charge in [-0.25, -0.2) is 4.98 Å². The number of aromatic nitrogens is 1. The first kappa shape index (κ1) is 12.1. The Labute approximate surface area is 111 Å². The summed E-state index contributed by atoms with van der Waals surface area (Å²) in [5.74, 6) is 0.584.